The van der Waals surface area contributed by atoms with E-state index in [4.69, 9.17) is 0 Å². The van der Waals surface area contributed by atoms with Gasteiger partial charge in [-0.15, -0.1) is 5.10 Å². The van der Waals surface area contributed by atoms with Gasteiger partial charge in [0.25, 0.3) is 15.6 Å². The zero-order valence-electron chi connectivity index (χ0n) is 24.1. The number of rotatable bonds is 27. The molecular formula is C25H48N4O9P2-2. The average Bonchev–Trinajstić information content (AvgIpc) is 3.38. The number of hydrogen-bond donors (Lipinski definition) is 1. The largest absolute Gasteiger partial charge is 0.756 e. The summed E-state index contributed by atoms with van der Waals surface area (Å²) in [4.78, 5) is 34.2. The Bertz CT molecular complexity index is 888. The third-order valence-corrected chi connectivity index (χ3v) is 8.19. The van der Waals surface area contributed by atoms with Gasteiger partial charge in [0.2, 0.25) is 5.91 Å². The molecule has 2 unspecified atom stereocenters. The Morgan fingerprint density at radius 1 is 0.800 bits per heavy atom. The Balaban J connectivity index is 1.91. The molecule has 2 atom stereocenters. The fraction of sp³-hybridized carbons (Fsp3) is 0.880. The highest BCUT2D eigenvalue weighted by atomic mass is 31.2. The molecule has 1 heterocycles. The Morgan fingerprint density at radius 3 is 1.85 bits per heavy atom. The summed E-state index contributed by atoms with van der Waals surface area (Å²) in [6, 6.07) is 0. The summed E-state index contributed by atoms with van der Waals surface area (Å²) in [6.07, 6.45) is 16.6. The number of aromatic nitrogens is 3. The molecule has 0 saturated heterocycles. The third-order valence-electron chi connectivity index (χ3n) is 6.29. The monoisotopic (exact) mass is 610 g/mol. The summed E-state index contributed by atoms with van der Waals surface area (Å²) < 4.78 is 41.8. The number of nitrogens with one attached hydrogen (secondary N) is 1. The Morgan fingerprint density at radius 2 is 1.30 bits per heavy atom. The number of unbranched alkanes of at least 4 members (excludes halogenated alkanes) is 11. The lowest BCUT2D eigenvalue weighted by molar-refractivity contribution is -0.224. The van der Waals surface area contributed by atoms with Gasteiger partial charge in [-0.1, -0.05) is 63.0 Å². The van der Waals surface area contributed by atoms with Crippen molar-refractivity contribution in [2.24, 2.45) is 0 Å². The van der Waals surface area contributed by atoms with E-state index in [1.807, 2.05) is 6.20 Å². The van der Waals surface area contributed by atoms with Crippen molar-refractivity contribution in [3.05, 3.63) is 11.9 Å². The number of phosphoric ester groups is 2. The van der Waals surface area contributed by atoms with Gasteiger partial charge in [0.05, 0.1) is 18.9 Å². The minimum absolute atomic E-state index is 0.0676. The number of hydrogen-bond acceptors (Lipinski definition) is 11. The van der Waals surface area contributed by atoms with Gasteiger partial charge < -0.3 is 33.2 Å². The van der Waals surface area contributed by atoms with Crippen LogP contribution in [0.4, 0.5) is 0 Å². The van der Waals surface area contributed by atoms with Gasteiger partial charge in [0, 0.05) is 39.9 Å². The van der Waals surface area contributed by atoms with Crippen LogP contribution in [0.25, 0.3) is 0 Å². The summed E-state index contributed by atoms with van der Waals surface area (Å²) in [5, 5.41) is 11.3. The molecule has 1 N–H and O–H groups in total. The van der Waals surface area contributed by atoms with E-state index in [9.17, 15) is 23.7 Å². The van der Waals surface area contributed by atoms with Crippen molar-refractivity contribution in [3.8, 4) is 0 Å². The maximum absolute atomic E-state index is 12.1. The number of carbonyl (C=O) groups excluding carboxylic acids is 1. The quantitative estimate of drug-likeness (QED) is 0.112. The molecule has 234 valence electrons. The maximum Gasteiger partial charge on any atom is 0.267 e. The zero-order chi connectivity index (χ0) is 29.5. The minimum Gasteiger partial charge on any atom is -0.756 e. The topological polar surface area (TPSA) is 177 Å². The first-order valence-electron chi connectivity index (χ1n) is 14.4. The van der Waals surface area contributed by atoms with Crippen molar-refractivity contribution in [3.63, 3.8) is 0 Å². The fourth-order valence-electron chi connectivity index (χ4n) is 3.96. The molecule has 15 heteroatoms. The second-order valence-electron chi connectivity index (χ2n) is 9.70. The average molecular weight is 611 g/mol. The molecule has 0 aliphatic carbocycles. The van der Waals surface area contributed by atoms with Gasteiger partial charge >= 0.3 is 0 Å². The highest BCUT2D eigenvalue weighted by Crippen LogP contribution is 2.37. The minimum atomic E-state index is -4.12. The molecule has 0 aliphatic heterocycles. The summed E-state index contributed by atoms with van der Waals surface area (Å²) >= 11 is 0. The molecule has 0 aromatic carbocycles. The summed E-state index contributed by atoms with van der Waals surface area (Å²) in [6.45, 7) is 1.75. The first-order chi connectivity index (χ1) is 19.2. The normalized spacial score (nSPS) is 14.6. The van der Waals surface area contributed by atoms with Crippen LogP contribution in [-0.4, -0.2) is 54.9 Å². The van der Waals surface area contributed by atoms with E-state index in [-0.39, 0.29) is 19.1 Å². The summed E-state index contributed by atoms with van der Waals surface area (Å²) in [5.74, 6) is 0.0676. The summed E-state index contributed by atoms with van der Waals surface area (Å²) in [7, 11) is -6.03. The fourth-order valence-corrected chi connectivity index (χ4v) is 4.88. The van der Waals surface area contributed by atoms with E-state index < -0.39 is 15.6 Å². The molecule has 1 aromatic rings. The SMILES string of the molecule is COP(=O)([O-])OCCCCCCCCCCCNC(=O)CCCc1cn(CCCCCCOP(=O)([O-])OC)nn1. The molecular weight excluding hydrogens is 562 g/mol. The van der Waals surface area contributed by atoms with Crippen LogP contribution in [-0.2, 0) is 45.0 Å². The smallest absolute Gasteiger partial charge is 0.267 e. The van der Waals surface area contributed by atoms with E-state index in [1.54, 1.807) is 4.68 Å². The zero-order valence-corrected chi connectivity index (χ0v) is 25.9. The van der Waals surface area contributed by atoms with Crippen molar-refractivity contribution in [2.45, 2.75) is 109 Å². The van der Waals surface area contributed by atoms with Gasteiger partial charge in [-0.2, -0.15) is 0 Å². The Kier molecular flexibility index (Phi) is 20.7. The molecule has 1 amide bonds. The van der Waals surface area contributed by atoms with Gasteiger partial charge in [0.1, 0.15) is 0 Å². The van der Waals surface area contributed by atoms with Crippen molar-refractivity contribution in [1.29, 1.82) is 0 Å². The molecule has 0 bridgehead atoms. The van der Waals surface area contributed by atoms with Gasteiger partial charge in [-0.3, -0.25) is 18.6 Å². The van der Waals surface area contributed by atoms with Crippen LogP contribution in [0, 0.1) is 0 Å². The van der Waals surface area contributed by atoms with Crippen molar-refractivity contribution < 1.29 is 41.8 Å². The van der Waals surface area contributed by atoms with E-state index in [2.05, 4.69) is 33.7 Å². The van der Waals surface area contributed by atoms with Crippen molar-refractivity contribution >= 4 is 21.6 Å². The van der Waals surface area contributed by atoms with Crippen molar-refractivity contribution in [1.82, 2.24) is 20.3 Å². The van der Waals surface area contributed by atoms with Crippen molar-refractivity contribution in [2.75, 3.05) is 34.0 Å². The first kappa shape index (κ1) is 36.9. The van der Waals surface area contributed by atoms with Gasteiger partial charge in [-0.25, -0.2) is 0 Å². The van der Waals surface area contributed by atoms with Crippen LogP contribution in [0.15, 0.2) is 6.20 Å². The first-order valence-corrected chi connectivity index (χ1v) is 17.3. The standard InChI is InChI=1S/C25H50N4O9P2/c1-35-39(31,32)37-21-14-10-7-5-3-4-6-8-12-19-26-25(30)18-16-17-24-23-29(28-27-24)20-13-9-11-15-22-38-40(33,34)36-2/h23H,3-22H2,1-2H3,(H,26,30)(H,31,32)(H,33,34)/p-2. The lowest BCUT2D eigenvalue weighted by Gasteiger charge is -2.19. The predicted molar refractivity (Wildman–Crippen MR) is 147 cm³/mol. The number of aryl methyl sites for hydroxylation is 2. The van der Waals surface area contributed by atoms with Crippen LogP contribution in [0.2, 0.25) is 0 Å². The maximum atomic E-state index is 12.1. The molecule has 1 aromatic heterocycles. The Hall–Kier alpha value is -1.17. The number of phosphoric acid groups is 2. The lowest BCUT2D eigenvalue weighted by Crippen LogP contribution is -2.24. The second-order valence-corrected chi connectivity index (χ2v) is 12.7. The molecule has 0 aliphatic rings. The van der Waals surface area contributed by atoms with Gasteiger partial charge in [0.15, 0.2) is 0 Å². The third kappa shape index (κ3) is 20.7. The predicted octanol–water partition coefficient (Wildman–Crippen LogP) is 4.05. The molecule has 40 heavy (non-hydrogen) atoms. The van der Waals surface area contributed by atoms with Gasteiger partial charge in [-0.05, 0) is 38.5 Å². The highest BCUT2D eigenvalue weighted by Gasteiger charge is 2.07. The van der Waals surface area contributed by atoms with E-state index in [1.165, 1.54) is 6.42 Å². The molecule has 13 nitrogen and oxygen atoms in total. The van der Waals surface area contributed by atoms with Crippen LogP contribution < -0.4 is 15.1 Å². The van der Waals surface area contributed by atoms with Crippen LogP contribution in [0.3, 0.4) is 0 Å². The summed E-state index contributed by atoms with van der Waals surface area (Å²) in [5.41, 5.74) is 0.875. The second kappa shape index (κ2) is 22.4. The lowest BCUT2D eigenvalue weighted by atomic mass is 10.1. The molecule has 0 spiro atoms. The van der Waals surface area contributed by atoms with E-state index in [0.717, 1.165) is 97.1 Å². The van der Waals surface area contributed by atoms with Crippen LogP contribution in [0.5, 0.6) is 0 Å². The highest BCUT2D eigenvalue weighted by molar-refractivity contribution is 7.46. The van der Waals surface area contributed by atoms with E-state index in [0.29, 0.717) is 32.2 Å². The number of amides is 1. The molecule has 1 rings (SSSR count). The Labute approximate surface area is 238 Å². The molecule has 0 saturated carbocycles. The number of carbonyl (C=O) groups is 1. The van der Waals surface area contributed by atoms with E-state index >= 15 is 0 Å². The number of nitrogens with zero attached hydrogens (tertiary/aromatic N) is 3. The molecule has 0 fully saturated rings. The van der Waals surface area contributed by atoms with Crippen LogP contribution in [0.1, 0.15) is 102 Å². The van der Waals surface area contributed by atoms with Crippen LogP contribution >= 0.6 is 15.6 Å². The molecule has 0 radical (unpaired) electrons.